The maximum absolute atomic E-state index is 12.5. The quantitative estimate of drug-likeness (QED) is 0.715. The van der Waals surface area contributed by atoms with Crippen molar-refractivity contribution in [1.29, 1.82) is 0 Å². The van der Waals surface area contributed by atoms with Crippen molar-refractivity contribution in [3.8, 4) is 17.2 Å². The summed E-state index contributed by atoms with van der Waals surface area (Å²) in [5.41, 5.74) is 3.38. The van der Waals surface area contributed by atoms with Gasteiger partial charge in [-0.3, -0.25) is 9.69 Å². The van der Waals surface area contributed by atoms with Gasteiger partial charge in [-0.05, 0) is 37.1 Å². The Morgan fingerprint density at radius 1 is 0.840 bits per heavy atom. The van der Waals surface area contributed by atoms with Gasteiger partial charge in [0.2, 0.25) is 5.91 Å². The fourth-order valence-electron chi connectivity index (χ4n) is 2.66. The molecule has 0 radical (unpaired) electrons. The van der Waals surface area contributed by atoms with Gasteiger partial charge < -0.3 is 14.2 Å². The van der Waals surface area contributed by atoms with Crippen molar-refractivity contribution in [3.63, 3.8) is 0 Å². The zero-order chi connectivity index (χ0) is 18.7. The number of benzene rings is 2. The third-order valence-electron chi connectivity index (χ3n) is 3.96. The van der Waals surface area contributed by atoms with Gasteiger partial charge in [-0.25, -0.2) is 0 Å². The first-order valence-corrected chi connectivity index (χ1v) is 8.50. The Hall–Kier alpha value is -2.21. The summed E-state index contributed by atoms with van der Waals surface area (Å²) >= 11 is 3.53. The van der Waals surface area contributed by atoms with E-state index in [2.05, 4.69) is 15.9 Å². The fraction of sp³-hybridized carbons (Fsp3) is 0.316. The van der Waals surface area contributed by atoms with Gasteiger partial charge in [-0.15, -0.1) is 0 Å². The second-order valence-corrected chi connectivity index (χ2v) is 6.48. The predicted octanol–water partition coefficient (Wildman–Crippen LogP) is 4.78. The molecule has 0 saturated heterocycles. The van der Waals surface area contributed by atoms with E-state index in [1.54, 1.807) is 38.4 Å². The highest BCUT2D eigenvalue weighted by molar-refractivity contribution is 9.10. The zero-order valence-electron chi connectivity index (χ0n) is 15.3. The lowest BCUT2D eigenvalue weighted by Crippen LogP contribution is -2.24. The van der Waals surface area contributed by atoms with Crippen molar-refractivity contribution in [2.24, 2.45) is 0 Å². The van der Waals surface area contributed by atoms with E-state index in [4.69, 9.17) is 14.2 Å². The summed E-state index contributed by atoms with van der Waals surface area (Å²) in [5, 5.41) is 0. The smallest absolute Gasteiger partial charge is 0.228 e. The maximum Gasteiger partial charge on any atom is 0.228 e. The molecule has 0 spiro atoms. The van der Waals surface area contributed by atoms with Gasteiger partial charge in [0, 0.05) is 23.5 Å². The second-order valence-electron chi connectivity index (χ2n) is 5.62. The SMILES string of the molecule is COc1cc(OC)c(N(C(C)=O)c2cc(C)c(Br)cc2C)cc1OC. The molecule has 0 N–H and O–H groups in total. The van der Waals surface area contributed by atoms with Gasteiger partial charge in [-0.1, -0.05) is 15.9 Å². The minimum Gasteiger partial charge on any atom is -0.494 e. The molecule has 2 aromatic carbocycles. The highest BCUT2D eigenvalue weighted by Crippen LogP contribution is 2.43. The molecule has 0 bridgehead atoms. The first kappa shape index (κ1) is 19.1. The number of rotatable bonds is 5. The molecule has 0 unspecified atom stereocenters. The van der Waals surface area contributed by atoms with Gasteiger partial charge in [0.25, 0.3) is 0 Å². The van der Waals surface area contributed by atoms with Crippen LogP contribution in [0.1, 0.15) is 18.1 Å². The van der Waals surface area contributed by atoms with E-state index >= 15 is 0 Å². The highest BCUT2D eigenvalue weighted by Gasteiger charge is 2.23. The van der Waals surface area contributed by atoms with Crippen LogP contribution in [0.25, 0.3) is 0 Å². The molecular weight excluding hydrogens is 386 g/mol. The van der Waals surface area contributed by atoms with E-state index in [1.807, 2.05) is 26.0 Å². The third-order valence-corrected chi connectivity index (χ3v) is 4.81. The summed E-state index contributed by atoms with van der Waals surface area (Å²) in [7, 11) is 4.67. The standard InChI is InChI=1S/C19H22BrNO4/c1-11-8-15(12(2)7-14(11)20)21(13(3)22)16-9-18(24-5)19(25-6)10-17(16)23-4/h7-10H,1-6H3. The van der Waals surface area contributed by atoms with Crippen molar-refractivity contribution in [1.82, 2.24) is 0 Å². The molecule has 0 aliphatic heterocycles. The van der Waals surface area contributed by atoms with Gasteiger partial charge >= 0.3 is 0 Å². The lowest BCUT2D eigenvalue weighted by atomic mass is 10.1. The van der Waals surface area contributed by atoms with Gasteiger partial charge in [0.15, 0.2) is 11.5 Å². The van der Waals surface area contributed by atoms with Crippen LogP contribution in [0, 0.1) is 13.8 Å². The highest BCUT2D eigenvalue weighted by atomic mass is 79.9. The number of methoxy groups -OCH3 is 3. The molecule has 0 saturated carbocycles. The minimum atomic E-state index is -0.129. The summed E-state index contributed by atoms with van der Waals surface area (Å²) in [6.45, 7) is 5.47. The van der Waals surface area contributed by atoms with E-state index in [0.29, 0.717) is 22.9 Å². The minimum absolute atomic E-state index is 0.129. The number of carbonyl (C=O) groups excluding carboxylic acids is 1. The topological polar surface area (TPSA) is 48.0 Å². The van der Waals surface area contributed by atoms with Crippen LogP contribution in [0.5, 0.6) is 17.2 Å². The third kappa shape index (κ3) is 3.74. The number of ether oxygens (including phenoxy) is 3. The molecule has 0 atom stereocenters. The molecule has 1 amide bonds. The molecule has 0 aliphatic carbocycles. The van der Waals surface area contributed by atoms with E-state index in [0.717, 1.165) is 21.3 Å². The predicted molar refractivity (Wildman–Crippen MR) is 103 cm³/mol. The van der Waals surface area contributed by atoms with Gasteiger partial charge in [0.1, 0.15) is 5.75 Å². The van der Waals surface area contributed by atoms with Crippen molar-refractivity contribution >= 4 is 33.2 Å². The summed E-state index contributed by atoms with van der Waals surface area (Å²) in [4.78, 5) is 14.1. The molecule has 2 aromatic rings. The number of aryl methyl sites for hydroxylation is 2. The zero-order valence-corrected chi connectivity index (χ0v) is 16.9. The molecule has 134 valence electrons. The van der Waals surface area contributed by atoms with Gasteiger partial charge in [0.05, 0.1) is 32.7 Å². The normalized spacial score (nSPS) is 10.4. The number of hydrogen-bond acceptors (Lipinski definition) is 4. The Labute approximate surface area is 156 Å². The Kier molecular flexibility index (Phi) is 5.95. The molecule has 0 heterocycles. The summed E-state index contributed by atoms with van der Waals surface area (Å²) in [5.74, 6) is 1.45. The van der Waals surface area contributed by atoms with E-state index in [9.17, 15) is 4.79 Å². The molecule has 0 aromatic heterocycles. The van der Waals surface area contributed by atoms with E-state index < -0.39 is 0 Å². The van der Waals surface area contributed by atoms with Crippen molar-refractivity contribution in [2.45, 2.75) is 20.8 Å². The average molecular weight is 408 g/mol. The monoisotopic (exact) mass is 407 g/mol. The molecular formula is C19H22BrNO4. The molecule has 0 fully saturated rings. The largest absolute Gasteiger partial charge is 0.494 e. The number of hydrogen-bond donors (Lipinski definition) is 0. The molecule has 2 rings (SSSR count). The van der Waals surface area contributed by atoms with Crippen molar-refractivity contribution < 1.29 is 19.0 Å². The fourth-order valence-corrected chi connectivity index (χ4v) is 3.12. The second kappa shape index (κ2) is 7.78. The van der Waals surface area contributed by atoms with Crippen LogP contribution >= 0.6 is 15.9 Å². The summed E-state index contributed by atoms with van der Waals surface area (Å²) in [6.07, 6.45) is 0. The molecule has 25 heavy (non-hydrogen) atoms. The van der Waals surface area contributed by atoms with Gasteiger partial charge in [-0.2, -0.15) is 0 Å². The Morgan fingerprint density at radius 2 is 1.40 bits per heavy atom. The number of halogens is 1. The first-order chi connectivity index (χ1) is 11.8. The van der Waals surface area contributed by atoms with Crippen LogP contribution in [0.15, 0.2) is 28.7 Å². The van der Waals surface area contributed by atoms with Crippen LogP contribution in [-0.4, -0.2) is 27.2 Å². The van der Waals surface area contributed by atoms with Crippen LogP contribution in [0.4, 0.5) is 11.4 Å². The van der Waals surface area contributed by atoms with Crippen molar-refractivity contribution in [3.05, 3.63) is 39.9 Å². The average Bonchev–Trinajstić information content (AvgIpc) is 2.58. The van der Waals surface area contributed by atoms with E-state index in [-0.39, 0.29) is 5.91 Å². The number of anilines is 2. The van der Waals surface area contributed by atoms with Crippen LogP contribution in [-0.2, 0) is 4.79 Å². The summed E-state index contributed by atoms with van der Waals surface area (Å²) in [6, 6.07) is 7.42. The molecule has 6 heteroatoms. The summed E-state index contributed by atoms with van der Waals surface area (Å²) < 4.78 is 17.2. The number of nitrogens with zero attached hydrogens (tertiary/aromatic N) is 1. The lowest BCUT2D eigenvalue weighted by molar-refractivity contribution is -0.115. The number of amides is 1. The maximum atomic E-state index is 12.5. The van der Waals surface area contributed by atoms with Crippen LogP contribution in [0.3, 0.4) is 0 Å². The van der Waals surface area contributed by atoms with Crippen molar-refractivity contribution in [2.75, 3.05) is 26.2 Å². The number of carbonyl (C=O) groups is 1. The van der Waals surface area contributed by atoms with Crippen LogP contribution < -0.4 is 19.1 Å². The molecule has 0 aliphatic rings. The Balaban J connectivity index is 2.74. The lowest BCUT2D eigenvalue weighted by Gasteiger charge is -2.26. The van der Waals surface area contributed by atoms with Crippen LogP contribution in [0.2, 0.25) is 0 Å². The molecule has 5 nitrogen and oxygen atoms in total. The van der Waals surface area contributed by atoms with E-state index in [1.165, 1.54) is 6.92 Å². The Bertz CT molecular complexity index is 804. The first-order valence-electron chi connectivity index (χ1n) is 7.71. The Morgan fingerprint density at radius 3 is 1.92 bits per heavy atom.